The molecule has 1 heterocycles. The molecule has 0 saturated carbocycles. The number of aromatic nitrogens is 2. The van der Waals surface area contributed by atoms with Crippen molar-refractivity contribution in [3.63, 3.8) is 0 Å². The van der Waals surface area contributed by atoms with Gasteiger partial charge in [-0.15, -0.1) is 0 Å². The minimum absolute atomic E-state index is 0.0112. The van der Waals surface area contributed by atoms with E-state index in [4.69, 9.17) is 16.7 Å². The smallest absolute Gasteiger partial charge is 0.267 e. The third-order valence-corrected chi connectivity index (χ3v) is 5.97. The molecule has 0 bridgehead atoms. The molecule has 0 fully saturated rings. The van der Waals surface area contributed by atoms with Gasteiger partial charge in [-0.1, -0.05) is 66.2 Å². The predicted octanol–water partition coefficient (Wildman–Crippen LogP) is 4.37. The van der Waals surface area contributed by atoms with Gasteiger partial charge in [0.15, 0.2) is 0 Å². The average Bonchev–Trinajstić information content (AvgIpc) is 2.78. The van der Waals surface area contributed by atoms with Crippen LogP contribution in [0.25, 0.3) is 29.0 Å². The number of nitrogens with two attached hydrogens (primary N) is 1. The first-order valence-corrected chi connectivity index (χ1v) is 11.5. The van der Waals surface area contributed by atoms with E-state index in [-0.39, 0.29) is 10.5 Å². The highest BCUT2D eigenvalue weighted by molar-refractivity contribution is 7.89. The van der Waals surface area contributed by atoms with Crippen LogP contribution in [-0.2, 0) is 10.0 Å². The van der Waals surface area contributed by atoms with E-state index in [1.165, 1.54) is 16.8 Å². The first-order valence-electron chi connectivity index (χ1n) is 9.57. The zero-order valence-corrected chi connectivity index (χ0v) is 18.3. The second-order valence-electron chi connectivity index (χ2n) is 6.98. The maximum absolute atomic E-state index is 13.4. The van der Waals surface area contributed by atoms with Gasteiger partial charge in [0.05, 0.1) is 22.3 Å². The normalized spacial score (nSPS) is 11.7. The molecule has 0 radical (unpaired) electrons. The lowest BCUT2D eigenvalue weighted by Crippen LogP contribution is -2.23. The minimum Gasteiger partial charge on any atom is -0.267 e. The van der Waals surface area contributed by atoms with Gasteiger partial charge in [-0.3, -0.25) is 4.79 Å². The standard InChI is InChI=1S/C24H18ClN3O3S/c25-19-7-4-8-20(15-19)28-24(29)22(14-9-17-5-2-1-3-6-17)23(16-27-28)18-10-12-21(13-11-18)32(26,30)31/h1-16H,(H2,26,30,31). The Labute approximate surface area is 190 Å². The van der Waals surface area contributed by atoms with Gasteiger partial charge in [0.25, 0.3) is 5.56 Å². The fourth-order valence-electron chi connectivity index (χ4n) is 3.22. The van der Waals surface area contributed by atoms with Crippen molar-refractivity contribution in [1.29, 1.82) is 0 Å². The number of sulfonamides is 1. The van der Waals surface area contributed by atoms with E-state index in [0.717, 1.165) is 5.56 Å². The van der Waals surface area contributed by atoms with Gasteiger partial charge in [0, 0.05) is 10.6 Å². The molecule has 8 heteroatoms. The summed E-state index contributed by atoms with van der Waals surface area (Å²) in [5, 5.41) is 10.0. The number of rotatable bonds is 5. The summed E-state index contributed by atoms with van der Waals surface area (Å²) in [6.45, 7) is 0. The first kappa shape index (κ1) is 21.7. The monoisotopic (exact) mass is 463 g/mol. The van der Waals surface area contributed by atoms with E-state index in [2.05, 4.69) is 5.10 Å². The zero-order valence-electron chi connectivity index (χ0n) is 16.7. The summed E-state index contributed by atoms with van der Waals surface area (Å²) in [6, 6.07) is 22.4. The van der Waals surface area contributed by atoms with E-state index >= 15 is 0 Å². The molecule has 0 aliphatic rings. The maximum atomic E-state index is 13.4. The summed E-state index contributed by atoms with van der Waals surface area (Å²) in [6.07, 6.45) is 5.13. The Kier molecular flexibility index (Phi) is 6.05. The molecule has 0 spiro atoms. The first-order chi connectivity index (χ1) is 15.3. The molecule has 6 nitrogen and oxygen atoms in total. The van der Waals surface area contributed by atoms with Crippen LogP contribution < -0.4 is 10.7 Å². The molecule has 4 rings (SSSR count). The summed E-state index contributed by atoms with van der Waals surface area (Å²) in [4.78, 5) is 13.4. The average molecular weight is 464 g/mol. The lowest BCUT2D eigenvalue weighted by molar-refractivity contribution is 0.598. The maximum Gasteiger partial charge on any atom is 0.279 e. The van der Waals surface area contributed by atoms with Crippen LogP contribution in [-0.4, -0.2) is 18.2 Å². The highest BCUT2D eigenvalue weighted by Crippen LogP contribution is 2.25. The van der Waals surface area contributed by atoms with Gasteiger partial charge in [0.1, 0.15) is 0 Å². The van der Waals surface area contributed by atoms with Crippen molar-refractivity contribution in [2.75, 3.05) is 0 Å². The highest BCUT2D eigenvalue weighted by Gasteiger charge is 2.14. The lowest BCUT2D eigenvalue weighted by Gasteiger charge is -2.11. The zero-order chi connectivity index (χ0) is 22.7. The number of hydrogen-bond acceptors (Lipinski definition) is 4. The van der Waals surface area contributed by atoms with Crippen molar-refractivity contribution in [1.82, 2.24) is 9.78 Å². The largest absolute Gasteiger partial charge is 0.279 e. The molecule has 0 saturated heterocycles. The molecule has 3 aromatic carbocycles. The number of primary sulfonamides is 1. The molecule has 0 aliphatic carbocycles. The topological polar surface area (TPSA) is 95.1 Å². The molecule has 0 atom stereocenters. The summed E-state index contributed by atoms with van der Waals surface area (Å²) in [5.41, 5.74) is 2.70. The molecule has 32 heavy (non-hydrogen) atoms. The number of hydrogen-bond donors (Lipinski definition) is 1. The third kappa shape index (κ3) is 4.70. The van der Waals surface area contributed by atoms with Crippen LogP contribution in [0.2, 0.25) is 5.02 Å². The molecule has 1 aromatic heterocycles. The van der Waals surface area contributed by atoms with Gasteiger partial charge in [0.2, 0.25) is 10.0 Å². The van der Waals surface area contributed by atoms with Crippen LogP contribution in [0.4, 0.5) is 0 Å². The van der Waals surface area contributed by atoms with E-state index in [1.54, 1.807) is 48.7 Å². The van der Waals surface area contributed by atoms with Crippen LogP contribution in [0.3, 0.4) is 0 Å². The van der Waals surface area contributed by atoms with Gasteiger partial charge in [-0.25, -0.2) is 13.6 Å². The Morgan fingerprint density at radius 1 is 0.906 bits per heavy atom. The van der Waals surface area contributed by atoms with Gasteiger partial charge in [-0.2, -0.15) is 9.78 Å². The second-order valence-corrected chi connectivity index (χ2v) is 8.98. The fraction of sp³-hybridized carbons (Fsp3) is 0. The lowest BCUT2D eigenvalue weighted by atomic mass is 10.0. The Balaban J connectivity index is 1.88. The van der Waals surface area contributed by atoms with Crippen molar-refractivity contribution < 1.29 is 8.42 Å². The molecule has 0 unspecified atom stereocenters. The Hall–Kier alpha value is -3.52. The molecule has 0 aliphatic heterocycles. The SMILES string of the molecule is NS(=O)(=O)c1ccc(-c2cnn(-c3cccc(Cl)c3)c(=O)c2C=Cc2ccccc2)cc1. The van der Waals surface area contributed by atoms with Crippen LogP contribution in [0.15, 0.2) is 94.7 Å². The third-order valence-electron chi connectivity index (χ3n) is 4.80. The highest BCUT2D eigenvalue weighted by atomic mass is 35.5. The van der Waals surface area contributed by atoms with Gasteiger partial charge < -0.3 is 0 Å². The Morgan fingerprint density at radius 2 is 1.62 bits per heavy atom. The van der Waals surface area contributed by atoms with Crippen molar-refractivity contribution in [3.05, 3.63) is 112 Å². The summed E-state index contributed by atoms with van der Waals surface area (Å²) >= 11 is 6.09. The van der Waals surface area contributed by atoms with Crippen molar-refractivity contribution >= 4 is 33.8 Å². The number of halogens is 1. The number of benzene rings is 3. The molecule has 4 aromatic rings. The van der Waals surface area contributed by atoms with E-state index in [0.29, 0.717) is 27.4 Å². The van der Waals surface area contributed by atoms with Crippen molar-refractivity contribution in [3.8, 4) is 16.8 Å². The van der Waals surface area contributed by atoms with Crippen LogP contribution in [0.5, 0.6) is 0 Å². The number of nitrogens with zero attached hydrogens (tertiary/aromatic N) is 2. The van der Waals surface area contributed by atoms with Crippen LogP contribution in [0.1, 0.15) is 11.1 Å². The van der Waals surface area contributed by atoms with Crippen molar-refractivity contribution in [2.45, 2.75) is 4.90 Å². The van der Waals surface area contributed by atoms with Crippen molar-refractivity contribution in [2.24, 2.45) is 5.14 Å². The molecule has 160 valence electrons. The predicted molar refractivity (Wildman–Crippen MR) is 127 cm³/mol. The fourth-order valence-corrected chi connectivity index (χ4v) is 3.92. The minimum atomic E-state index is -3.82. The molecule has 0 amide bonds. The van der Waals surface area contributed by atoms with Crippen LogP contribution >= 0.6 is 11.6 Å². The quantitative estimate of drug-likeness (QED) is 0.475. The Bertz CT molecular complexity index is 1460. The summed E-state index contributed by atoms with van der Waals surface area (Å²) in [5.74, 6) is 0. The summed E-state index contributed by atoms with van der Waals surface area (Å²) in [7, 11) is -3.82. The van der Waals surface area contributed by atoms with Crippen LogP contribution in [0, 0.1) is 0 Å². The molecule has 2 N–H and O–H groups in total. The molecular weight excluding hydrogens is 446 g/mol. The van der Waals surface area contributed by atoms with E-state index in [9.17, 15) is 13.2 Å². The van der Waals surface area contributed by atoms with Gasteiger partial charge in [-0.05, 0) is 47.5 Å². The van der Waals surface area contributed by atoms with E-state index < -0.39 is 10.0 Å². The molecular formula is C24H18ClN3O3S. The Morgan fingerprint density at radius 3 is 2.28 bits per heavy atom. The second kappa shape index (κ2) is 8.92. The van der Waals surface area contributed by atoms with E-state index in [1.807, 2.05) is 36.4 Å². The summed E-state index contributed by atoms with van der Waals surface area (Å²) < 4.78 is 24.4. The van der Waals surface area contributed by atoms with Gasteiger partial charge >= 0.3 is 0 Å².